The van der Waals surface area contributed by atoms with E-state index in [9.17, 15) is 8.42 Å². The summed E-state index contributed by atoms with van der Waals surface area (Å²) in [5.74, 6) is 0. The minimum atomic E-state index is -3.32. The van der Waals surface area contributed by atoms with Crippen LogP contribution in [0.25, 0.3) is 0 Å². The molecule has 0 aliphatic carbocycles. The van der Waals surface area contributed by atoms with Crippen LogP contribution in [-0.2, 0) is 10.0 Å². The van der Waals surface area contributed by atoms with Crippen molar-refractivity contribution in [3.8, 4) is 0 Å². The second-order valence-electron chi connectivity index (χ2n) is 4.54. The van der Waals surface area contributed by atoms with Crippen molar-refractivity contribution >= 4 is 10.0 Å². The first-order chi connectivity index (χ1) is 8.52. The molecule has 0 atom stereocenters. The van der Waals surface area contributed by atoms with Crippen molar-refractivity contribution in [3.05, 3.63) is 34.8 Å². The number of allylic oxidation sites excluding steroid dienone is 5. The molecule has 0 N–H and O–H groups in total. The summed E-state index contributed by atoms with van der Waals surface area (Å²) in [4.78, 5) is 0.391. The molecule has 0 unspecified atom stereocenters. The maximum Gasteiger partial charge on any atom is 0.243 e. The van der Waals surface area contributed by atoms with Crippen LogP contribution in [0.2, 0.25) is 0 Å². The van der Waals surface area contributed by atoms with Crippen molar-refractivity contribution in [3.63, 3.8) is 0 Å². The second-order valence-corrected chi connectivity index (χ2v) is 6.48. The normalized spacial score (nSPS) is 20.6. The highest BCUT2D eigenvalue weighted by atomic mass is 32.2. The summed E-state index contributed by atoms with van der Waals surface area (Å²) in [5, 5.41) is 0. The summed E-state index contributed by atoms with van der Waals surface area (Å²) in [6, 6.07) is 0. The quantitative estimate of drug-likeness (QED) is 0.735. The van der Waals surface area contributed by atoms with Crippen molar-refractivity contribution in [1.82, 2.24) is 4.31 Å². The van der Waals surface area contributed by atoms with Gasteiger partial charge in [0.2, 0.25) is 10.0 Å². The third-order valence-electron chi connectivity index (χ3n) is 3.11. The van der Waals surface area contributed by atoms with Crippen molar-refractivity contribution in [2.24, 2.45) is 0 Å². The topological polar surface area (TPSA) is 37.4 Å². The fraction of sp³-hybridized carbons (Fsp3) is 0.571. The molecule has 0 saturated carbocycles. The van der Waals surface area contributed by atoms with E-state index in [2.05, 4.69) is 0 Å². The molecule has 1 saturated heterocycles. The summed E-state index contributed by atoms with van der Waals surface area (Å²) in [6.07, 6.45) is 10.2. The van der Waals surface area contributed by atoms with Gasteiger partial charge in [0.05, 0.1) is 4.91 Å². The van der Waals surface area contributed by atoms with E-state index in [1.54, 1.807) is 22.5 Å². The summed E-state index contributed by atoms with van der Waals surface area (Å²) < 4.78 is 26.6. The Labute approximate surface area is 111 Å². The molecule has 0 aromatic carbocycles. The summed E-state index contributed by atoms with van der Waals surface area (Å²) in [5.41, 5.74) is 0.962. The Morgan fingerprint density at radius 2 is 1.72 bits per heavy atom. The second kappa shape index (κ2) is 6.90. The third kappa shape index (κ3) is 3.82. The molecule has 0 bridgehead atoms. The number of piperidine rings is 1. The van der Waals surface area contributed by atoms with E-state index in [4.69, 9.17) is 0 Å². The maximum absolute atomic E-state index is 12.5. The third-order valence-corrected chi connectivity index (χ3v) is 5.00. The Morgan fingerprint density at radius 3 is 2.22 bits per heavy atom. The molecule has 0 amide bonds. The van der Waals surface area contributed by atoms with Crippen LogP contribution in [0.15, 0.2) is 34.8 Å². The Kier molecular flexibility index (Phi) is 5.82. The predicted octanol–water partition coefficient (Wildman–Crippen LogP) is 3.23. The van der Waals surface area contributed by atoms with Gasteiger partial charge in [0.15, 0.2) is 0 Å². The maximum atomic E-state index is 12.5. The molecule has 0 aromatic rings. The lowest BCUT2D eigenvalue weighted by molar-refractivity contribution is 0.350. The van der Waals surface area contributed by atoms with Gasteiger partial charge < -0.3 is 0 Å². The lowest BCUT2D eigenvalue weighted by atomic mass is 10.2. The van der Waals surface area contributed by atoms with E-state index < -0.39 is 10.0 Å². The molecule has 1 aliphatic heterocycles. The van der Waals surface area contributed by atoms with Gasteiger partial charge in [-0.25, -0.2) is 8.42 Å². The fourth-order valence-electron chi connectivity index (χ4n) is 1.93. The van der Waals surface area contributed by atoms with E-state index in [1.807, 2.05) is 26.8 Å². The minimum absolute atomic E-state index is 0.391. The monoisotopic (exact) mass is 269 g/mol. The molecule has 1 rings (SSSR count). The number of rotatable bonds is 4. The van der Waals surface area contributed by atoms with Crippen molar-refractivity contribution in [2.75, 3.05) is 13.1 Å². The molecule has 1 aliphatic rings. The Hall–Kier alpha value is -0.870. The molecule has 0 aromatic heterocycles. The van der Waals surface area contributed by atoms with E-state index in [-0.39, 0.29) is 0 Å². The first-order valence-corrected chi connectivity index (χ1v) is 7.94. The van der Waals surface area contributed by atoms with Gasteiger partial charge in [-0.15, -0.1) is 0 Å². The Bertz CT molecular complexity index is 452. The van der Waals surface area contributed by atoms with Crippen LogP contribution in [0.1, 0.15) is 40.0 Å². The van der Waals surface area contributed by atoms with Crippen molar-refractivity contribution in [1.29, 1.82) is 0 Å². The molecule has 0 spiro atoms. The van der Waals surface area contributed by atoms with Gasteiger partial charge in [0, 0.05) is 13.1 Å². The van der Waals surface area contributed by atoms with Gasteiger partial charge in [0.1, 0.15) is 0 Å². The number of hydrogen-bond acceptors (Lipinski definition) is 2. The average Bonchev–Trinajstić information content (AvgIpc) is 2.39. The fourth-order valence-corrected chi connectivity index (χ4v) is 3.61. The van der Waals surface area contributed by atoms with Gasteiger partial charge in [-0.2, -0.15) is 4.31 Å². The van der Waals surface area contributed by atoms with Gasteiger partial charge in [0.25, 0.3) is 0 Å². The zero-order valence-electron chi connectivity index (χ0n) is 11.5. The van der Waals surface area contributed by atoms with Crippen LogP contribution in [0.4, 0.5) is 0 Å². The van der Waals surface area contributed by atoms with E-state index in [1.165, 1.54) is 0 Å². The van der Waals surface area contributed by atoms with E-state index in [0.717, 1.165) is 24.8 Å². The molecule has 3 nitrogen and oxygen atoms in total. The standard InChI is InChI=1S/C14H23NO2S/c1-4-9-14(12-13(3)5-2)18(16,17)15-10-7-6-8-11-15/h4-5,9,12H,6-8,10-11H2,1-3H3/b9-4-,13-5-,14-12+. The van der Waals surface area contributed by atoms with Crippen LogP contribution in [0.3, 0.4) is 0 Å². The van der Waals surface area contributed by atoms with Gasteiger partial charge in [-0.05, 0) is 45.8 Å². The van der Waals surface area contributed by atoms with Crippen LogP contribution in [0, 0.1) is 0 Å². The predicted molar refractivity (Wildman–Crippen MR) is 76.7 cm³/mol. The molecule has 102 valence electrons. The summed E-state index contributed by atoms with van der Waals surface area (Å²) in [6.45, 7) is 6.95. The highest BCUT2D eigenvalue weighted by Crippen LogP contribution is 2.21. The molecule has 18 heavy (non-hydrogen) atoms. The first kappa shape index (κ1) is 15.2. The number of nitrogens with zero attached hydrogens (tertiary/aromatic N) is 1. The highest BCUT2D eigenvalue weighted by Gasteiger charge is 2.26. The molecule has 4 heteroatoms. The molecular weight excluding hydrogens is 246 g/mol. The van der Waals surface area contributed by atoms with E-state index >= 15 is 0 Å². The zero-order valence-corrected chi connectivity index (χ0v) is 12.3. The number of sulfonamides is 1. The molecule has 1 heterocycles. The van der Waals surface area contributed by atoms with Crippen LogP contribution in [-0.4, -0.2) is 25.8 Å². The molecular formula is C14H23NO2S. The van der Waals surface area contributed by atoms with Crippen LogP contribution >= 0.6 is 0 Å². The van der Waals surface area contributed by atoms with Crippen molar-refractivity contribution < 1.29 is 8.42 Å². The average molecular weight is 269 g/mol. The zero-order chi connectivity index (χ0) is 13.6. The van der Waals surface area contributed by atoms with Gasteiger partial charge in [-0.3, -0.25) is 0 Å². The number of hydrogen-bond donors (Lipinski definition) is 0. The van der Waals surface area contributed by atoms with Crippen LogP contribution < -0.4 is 0 Å². The SMILES string of the molecule is C\C=C/C(=C\C(C)=C/C)S(=O)(=O)N1CCCCC1. The minimum Gasteiger partial charge on any atom is -0.207 e. The molecule has 0 radical (unpaired) electrons. The Morgan fingerprint density at radius 1 is 1.11 bits per heavy atom. The van der Waals surface area contributed by atoms with Gasteiger partial charge >= 0.3 is 0 Å². The van der Waals surface area contributed by atoms with Crippen molar-refractivity contribution in [2.45, 2.75) is 40.0 Å². The lowest BCUT2D eigenvalue weighted by Crippen LogP contribution is -2.36. The Balaban J connectivity index is 3.07. The largest absolute Gasteiger partial charge is 0.243 e. The first-order valence-electron chi connectivity index (χ1n) is 6.50. The summed E-state index contributed by atoms with van der Waals surface area (Å²) in [7, 11) is -3.32. The molecule has 1 fully saturated rings. The smallest absolute Gasteiger partial charge is 0.207 e. The summed E-state index contributed by atoms with van der Waals surface area (Å²) >= 11 is 0. The van der Waals surface area contributed by atoms with E-state index in [0.29, 0.717) is 18.0 Å². The van der Waals surface area contributed by atoms with Gasteiger partial charge in [-0.1, -0.05) is 24.1 Å². The van der Waals surface area contributed by atoms with Crippen LogP contribution in [0.5, 0.6) is 0 Å². The highest BCUT2D eigenvalue weighted by molar-refractivity contribution is 7.93. The lowest BCUT2D eigenvalue weighted by Gasteiger charge is -2.26.